The minimum absolute atomic E-state index is 0.194. The van der Waals surface area contributed by atoms with Crippen molar-refractivity contribution >= 4 is 11.0 Å². The van der Waals surface area contributed by atoms with Crippen molar-refractivity contribution in [2.24, 2.45) is 0 Å². The summed E-state index contributed by atoms with van der Waals surface area (Å²) in [5, 5.41) is 3.45. The van der Waals surface area contributed by atoms with E-state index in [0.717, 1.165) is 61.6 Å². The lowest BCUT2D eigenvalue weighted by Crippen LogP contribution is -2.24. The van der Waals surface area contributed by atoms with Crippen molar-refractivity contribution in [3.8, 4) is 11.4 Å². The van der Waals surface area contributed by atoms with E-state index in [1.165, 1.54) is 12.8 Å². The SMILES string of the molecule is CCN(CC)CCCn1c(-c2ccc(CNC3CC3)cc2F)nc2ccccc21. The first-order valence-corrected chi connectivity index (χ1v) is 10.9. The second-order valence-electron chi connectivity index (χ2n) is 7.93. The topological polar surface area (TPSA) is 33.1 Å². The number of imidazole rings is 1. The molecule has 2 aromatic carbocycles. The molecule has 29 heavy (non-hydrogen) atoms. The Labute approximate surface area is 172 Å². The summed E-state index contributed by atoms with van der Waals surface area (Å²) >= 11 is 0. The minimum Gasteiger partial charge on any atom is -0.324 e. The molecule has 1 saturated carbocycles. The molecule has 1 aliphatic carbocycles. The maximum absolute atomic E-state index is 15.1. The number of hydrogen-bond donors (Lipinski definition) is 1. The Morgan fingerprint density at radius 1 is 1.14 bits per heavy atom. The average molecular weight is 395 g/mol. The van der Waals surface area contributed by atoms with Crippen molar-refractivity contribution in [3.63, 3.8) is 0 Å². The number of rotatable bonds is 10. The van der Waals surface area contributed by atoms with Gasteiger partial charge in [-0.15, -0.1) is 0 Å². The van der Waals surface area contributed by atoms with Crippen LogP contribution in [0.1, 0.15) is 38.7 Å². The van der Waals surface area contributed by atoms with E-state index in [0.29, 0.717) is 11.6 Å². The van der Waals surface area contributed by atoms with Gasteiger partial charge in [0.25, 0.3) is 0 Å². The van der Waals surface area contributed by atoms with Crippen LogP contribution in [-0.2, 0) is 13.1 Å². The summed E-state index contributed by atoms with van der Waals surface area (Å²) in [7, 11) is 0. The van der Waals surface area contributed by atoms with E-state index < -0.39 is 0 Å². The molecule has 0 aliphatic heterocycles. The molecule has 154 valence electrons. The lowest BCUT2D eigenvalue weighted by molar-refractivity contribution is 0.294. The van der Waals surface area contributed by atoms with E-state index >= 15 is 4.39 Å². The second-order valence-corrected chi connectivity index (χ2v) is 7.93. The summed E-state index contributed by atoms with van der Waals surface area (Å²) in [6, 6.07) is 14.3. The average Bonchev–Trinajstić information content (AvgIpc) is 3.50. The van der Waals surface area contributed by atoms with E-state index in [1.807, 2.05) is 30.3 Å². The number of aryl methyl sites for hydroxylation is 1. The monoisotopic (exact) mass is 394 g/mol. The van der Waals surface area contributed by atoms with Gasteiger partial charge in [0.15, 0.2) is 0 Å². The number of nitrogens with zero attached hydrogens (tertiary/aromatic N) is 3. The highest BCUT2D eigenvalue weighted by Gasteiger charge is 2.21. The Hall–Kier alpha value is -2.24. The predicted molar refractivity (Wildman–Crippen MR) is 117 cm³/mol. The molecule has 0 spiro atoms. The molecule has 4 rings (SSSR count). The third-order valence-corrected chi connectivity index (χ3v) is 5.85. The fraction of sp³-hybridized carbons (Fsp3) is 0.458. The van der Waals surface area contributed by atoms with Crippen molar-refractivity contribution in [1.29, 1.82) is 0 Å². The summed E-state index contributed by atoms with van der Waals surface area (Å²) in [4.78, 5) is 7.21. The third kappa shape index (κ3) is 4.68. The van der Waals surface area contributed by atoms with E-state index in [1.54, 1.807) is 6.07 Å². The van der Waals surface area contributed by atoms with Crippen LogP contribution in [0.4, 0.5) is 4.39 Å². The number of para-hydroxylation sites is 2. The van der Waals surface area contributed by atoms with Gasteiger partial charge in [0.2, 0.25) is 0 Å². The lowest BCUT2D eigenvalue weighted by Gasteiger charge is -2.18. The normalized spacial score (nSPS) is 14.2. The maximum atomic E-state index is 15.1. The molecule has 1 N–H and O–H groups in total. The Balaban J connectivity index is 1.60. The molecule has 0 saturated heterocycles. The van der Waals surface area contributed by atoms with E-state index in [9.17, 15) is 0 Å². The van der Waals surface area contributed by atoms with Gasteiger partial charge in [0.05, 0.1) is 16.6 Å². The Morgan fingerprint density at radius 2 is 1.93 bits per heavy atom. The molecule has 1 heterocycles. The van der Waals surface area contributed by atoms with Crippen LogP contribution in [0.15, 0.2) is 42.5 Å². The van der Waals surface area contributed by atoms with Crippen molar-refractivity contribution < 1.29 is 4.39 Å². The molecule has 0 atom stereocenters. The highest BCUT2D eigenvalue weighted by molar-refractivity contribution is 5.80. The van der Waals surface area contributed by atoms with Crippen LogP contribution in [0.25, 0.3) is 22.4 Å². The zero-order valence-corrected chi connectivity index (χ0v) is 17.5. The zero-order chi connectivity index (χ0) is 20.2. The number of hydrogen-bond acceptors (Lipinski definition) is 3. The highest BCUT2D eigenvalue weighted by atomic mass is 19.1. The molecule has 3 aromatic rings. The number of nitrogens with one attached hydrogen (secondary N) is 1. The first-order valence-electron chi connectivity index (χ1n) is 10.9. The molecule has 4 nitrogen and oxygen atoms in total. The van der Waals surface area contributed by atoms with E-state index in [-0.39, 0.29) is 5.82 Å². The largest absolute Gasteiger partial charge is 0.324 e. The lowest BCUT2D eigenvalue weighted by atomic mass is 10.1. The minimum atomic E-state index is -0.194. The standard InChI is InChI=1S/C24H31FN4/c1-3-28(4-2)14-7-15-29-23-9-6-5-8-22(23)27-24(29)20-13-10-18(16-21(20)25)17-26-19-11-12-19/h5-6,8-10,13,16,19,26H,3-4,7,11-12,14-15,17H2,1-2H3. The molecule has 1 fully saturated rings. The second kappa shape index (κ2) is 9.06. The van der Waals surface area contributed by atoms with Crippen LogP contribution in [0.2, 0.25) is 0 Å². The molecule has 1 aromatic heterocycles. The first-order chi connectivity index (χ1) is 14.2. The summed E-state index contributed by atoms with van der Waals surface area (Å²) in [5.41, 5.74) is 3.56. The van der Waals surface area contributed by atoms with Gasteiger partial charge in [0, 0.05) is 19.1 Å². The van der Waals surface area contributed by atoms with Gasteiger partial charge < -0.3 is 14.8 Å². The fourth-order valence-electron chi connectivity index (χ4n) is 3.90. The fourth-order valence-corrected chi connectivity index (χ4v) is 3.90. The summed E-state index contributed by atoms with van der Waals surface area (Å²) < 4.78 is 17.2. The summed E-state index contributed by atoms with van der Waals surface area (Å²) in [6.07, 6.45) is 3.48. The van der Waals surface area contributed by atoms with Crippen LogP contribution in [0.5, 0.6) is 0 Å². The molecule has 0 radical (unpaired) electrons. The Kier molecular flexibility index (Phi) is 6.26. The van der Waals surface area contributed by atoms with Gasteiger partial charge in [-0.25, -0.2) is 9.37 Å². The van der Waals surface area contributed by atoms with Crippen molar-refractivity contribution in [2.75, 3.05) is 19.6 Å². The van der Waals surface area contributed by atoms with E-state index in [2.05, 4.69) is 34.7 Å². The van der Waals surface area contributed by atoms with Crippen LogP contribution in [0.3, 0.4) is 0 Å². The molecule has 1 aliphatic rings. The summed E-state index contributed by atoms with van der Waals surface area (Å²) in [6.45, 7) is 9.08. The van der Waals surface area contributed by atoms with Gasteiger partial charge in [-0.1, -0.05) is 32.0 Å². The number of benzene rings is 2. The molecule has 5 heteroatoms. The third-order valence-electron chi connectivity index (χ3n) is 5.85. The van der Waals surface area contributed by atoms with Crippen LogP contribution >= 0.6 is 0 Å². The van der Waals surface area contributed by atoms with Crippen LogP contribution in [-0.4, -0.2) is 40.1 Å². The first kappa shape index (κ1) is 20.0. The van der Waals surface area contributed by atoms with Crippen molar-refractivity contribution in [1.82, 2.24) is 19.8 Å². The van der Waals surface area contributed by atoms with Crippen LogP contribution in [0, 0.1) is 5.82 Å². The summed E-state index contributed by atoms with van der Waals surface area (Å²) in [5.74, 6) is 0.533. The number of halogens is 1. The quantitative estimate of drug-likeness (QED) is 0.535. The molecule has 0 bridgehead atoms. The highest BCUT2D eigenvalue weighted by Crippen LogP contribution is 2.28. The molecular formula is C24H31FN4. The van der Waals surface area contributed by atoms with Crippen molar-refractivity contribution in [3.05, 3.63) is 53.8 Å². The maximum Gasteiger partial charge on any atom is 0.144 e. The number of aromatic nitrogens is 2. The predicted octanol–water partition coefficient (Wildman–Crippen LogP) is 4.83. The van der Waals surface area contributed by atoms with Crippen molar-refractivity contribution in [2.45, 2.75) is 52.2 Å². The number of fused-ring (bicyclic) bond motifs is 1. The zero-order valence-electron chi connectivity index (χ0n) is 17.5. The molecular weight excluding hydrogens is 363 g/mol. The van der Waals surface area contributed by atoms with Gasteiger partial charge in [0.1, 0.15) is 11.6 Å². The Morgan fingerprint density at radius 3 is 2.66 bits per heavy atom. The molecule has 0 amide bonds. The van der Waals surface area contributed by atoms with Gasteiger partial charge in [-0.05, 0) is 68.7 Å². The van der Waals surface area contributed by atoms with Crippen LogP contribution < -0.4 is 5.32 Å². The molecule has 0 unspecified atom stereocenters. The van der Waals surface area contributed by atoms with E-state index in [4.69, 9.17) is 4.98 Å². The Bertz CT molecular complexity index is 957. The smallest absolute Gasteiger partial charge is 0.144 e. The van der Waals surface area contributed by atoms with Gasteiger partial charge in [-0.2, -0.15) is 0 Å². The van der Waals surface area contributed by atoms with Gasteiger partial charge in [-0.3, -0.25) is 0 Å². The van der Waals surface area contributed by atoms with Gasteiger partial charge >= 0.3 is 0 Å².